The molecule has 0 bridgehead atoms. The lowest BCUT2D eigenvalue weighted by Gasteiger charge is -2.30. The second kappa shape index (κ2) is 9.49. The first-order valence-electron chi connectivity index (χ1n) is 9.27. The highest BCUT2D eigenvalue weighted by molar-refractivity contribution is 7.99. The van der Waals surface area contributed by atoms with Crippen molar-refractivity contribution in [3.63, 3.8) is 0 Å². The Hall–Kier alpha value is -1.69. The van der Waals surface area contributed by atoms with Crippen LogP contribution in [-0.4, -0.2) is 28.6 Å². The summed E-state index contributed by atoms with van der Waals surface area (Å²) in [5.41, 5.74) is 2.42. The van der Waals surface area contributed by atoms with Crippen molar-refractivity contribution in [1.82, 2.24) is 15.5 Å². The molecular formula is C21H26ClN3OS. The van der Waals surface area contributed by atoms with Gasteiger partial charge in [-0.1, -0.05) is 30.3 Å². The summed E-state index contributed by atoms with van der Waals surface area (Å²) in [6.07, 6.45) is 8.82. The summed E-state index contributed by atoms with van der Waals surface area (Å²) in [6, 6.07) is 15.3. The number of fused-ring (bicyclic) bond motifs is 1. The molecular weight excluding hydrogens is 378 g/mol. The van der Waals surface area contributed by atoms with Gasteiger partial charge in [0.1, 0.15) is 5.75 Å². The van der Waals surface area contributed by atoms with E-state index in [1.54, 1.807) is 11.8 Å². The lowest BCUT2D eigenvalue weighted by atomic mass is 9.92. The Morgan fingerprint density at radius 3 is 2.63 bits per heavy atom. The van der Waals surface area contributed by atoms with Gasteiger partial charge in [-0.25, -0.2) is 0 Å². The molecule has 0 aliphatic heterocycles. The van der Waals surface area contributed by atoms with Gasteiger partial charge in [-0.15, -0.1) is 24.2 Å². The van der Waals surface area contributed by atoms with E-state index >= 15 is 0 Å². The first-order chi connectivity index (χ1) is 12.8. The molecule has 1 heterocycles. The lowest BCUT2D eigenvalue weighted by molar-refractivity contribution is 0.136. The standard InChI is InChI=1S/C21H25N3OS.ClH/c1-26-21-18-14-23-24-19(18)11-12-20(21)25-17-9-7-16(8-10-17)22-13-15-5-3-2-4-6-15;/h2-6,11-12,14,16-17,22H,7-10,13H2,1H3,(H,23,24);1H/t16-,17+;. The molecule has 0 saturated heterocycles. The molecule has 27 heavy (non-hydrogen) atoms. The van der Waals surface area contributed by atoms with E-state index in [1.807, 2.05) is 6.20 Å². The predicted octanol–water partition coefficient (Wildman–Crippen LogP) is 5.19. The molecule has 2 aromatic carbocycles. The molecule has 2 N–H and O–H groups in total. The number of nitrogens with zero attached hydrogens (tertiary/aromatic N) is 1. The average molecular weight is 404 g/mol. The Morgan fingerprint density at radius 1 is 1.11 bits per heavy atom. The fourth-order valence-corrected chi connectivity index (χ4v) is 4.40. The van der Waals surface area contributed by atoms with Crippen molar-refractivity contribution in [3.8, 4) is 5.75 Å². The zero-order valence-electron chi connectivity index (χ0n) is 15.5. The van der Waals surface area contributed by atoms with Gasteiger partial charge in [0, 0.05) is 18.0 Å². The number of halogens is 1. The van der Waals surface area contributed by atoms with E-state index in [0.717, 1.165) is 36.0 Å². The fraction of sp³-hybridized carbons (Fsp3) is 0.381. The van der Waals surface area contributed by atoms with Crippen LogP contribution in [0.25, 0.3) is 10.9 Å². The summed E-state index contributed by atoms with van der Waals surface area (Å²) in [4.78, 5) is 1.18. The molecule has 0 atom stereocenters. The maximum absolute atomic E-state index is 6.38. The van der Waals surface area contributed by atoms with Crippen molar-refractivity contribution in [2.24, 2.45) is 0 Å². The Labute approximate surface area is 170 Å². The van der Waals surface area contributed by atoms with Gasteiger partial charge in [-0.3, -0.25) is 5.10 Å². The molecule has 1 aliphatic carbocycles. The highest BCUT2D eigenvalue weighted by Gasteiger charge is 2.23. The van der Waals surface area contributed by atoms with E-state index in [2.05, 4.69) is 64.2 Å². The minimum atomic E-state index is 0. The molecule has 1 saturated carbocycles. The van der Waals surface area contributed by atoms with Gasteiger partial charge in [0.25, 0.3) is 0 Å². The molecule has 0 unspecified atom stereocenters. The number of nitrogens with one attached hydrogen (secondary N) is 2. The number of rotatable bonds is 6. The van der Waals surface area contributed by atoms with Crippen molar-refractivity contribution in [1.29, 1.82) is 0 Å². The second-order valence-electron chi connectivity index (χ2n) is 6.89. The zero-order chi connectivity index (χ0) is 17.8. The molecule has 144 valence electrons. The van der Waals surface area contributed by atoms with E-state index in [1.165, 1.54) is 23.3 Å². The summed E-state index contributed by atoms with van der Waals surface area (Å²) in [7, 11) is 0. The summed E-state index contributed by atoms with van der Waals surface area (Å²) in [6.45, 7) is 0.949. The van der Waals surface area contributed by atoms with Crippen LogP contribution in [0.1, 0.15) is 31.2 Å². The van der Waals surface area contributed by atoms with Crippen molar-refractivity contribution < 1.29 is 4.74 Å². The van der Waals surface area contributed by atoms with Gasteiger partial charge >= 0.3 is 0 Å². The van der Waals surface area contributed by atoms with Gasteiger partial charge in [0.15, 0.2) is 0 Å². The molecule has 1 aliphatic rings. The van der Waals surface area contributed by atoms with Crippen molar-refractivity contribution in [2.45, 2.75) is 49.3 Å². The van der Waals surface area contributed by atoms with Crippen LogP contribution >= 0.6 is 24.2 Å². The van der Waals surface area contributed by atoms with Gasteiger partial charge in [0.2, 0.25) is 0 Å². The number of aromatic amines is 1. The van der Waals surface area contributed by atoms with Crippen molar-refractivity contribution in [2.75, 3.05) is 6.26 Å². The minimum Gasteiger partial charge on any atom is -0.489 e. The maximum atomic E-state index is 6.38. The second-order valence-corrected chi connectivity index (χ2v) is 7.70. The van der Waals surface area contributed by atoms with E-state index in [4.69, 9.17) is 4.74 Å². The van der Waals surface area contributed by atoms with Crippen LogP contribution in [0.4, 0.5) is 0 Å². The molecule has 0 radical (unpaired) electrons. The van der Waals surface area contributed by atoms with Crippen molar-refractivity contribution >= 4 is 35.1 Å². The van der Waals surface area contributed by atoms with Gasteiger partial charge in [-0.05, 0) is 49.6 Å². The molecule has 1 fully saturated rings. The molecule has 6 heteroatoms. The van der Waals surface area contributed by atoms with Gasteiger partial charge in [0.05, 0.1) is 22.7 Å². The Morgan fingerprint density at radius 2 is 1.89 bits per heavy atom. The fourth-order valence-electron chi connectivity index (χ4n) is 3.70. The predicted molar refractivity (Wildman–Crippen MR) is 115 cm³/mol. The smallest absolute Gasteiger partial charge is 0.134 e. The Kier molecular flexibility index (Phi) is 7.05. The van der Waals surface area contributed by atoms with Gasteiger partial charge < -0.3 is 10.1 Å². The molecule has 4 nitrogen and oxygen atoms in total. The third kappa shape index (κ3) is 4.78. The van der Waals surface area contributed by atoms with Crippen LogP contribution in [0.15, 0.2) is 53.6 Å². The summed E-state index contributed by atoms with van der Waals surface area (Å²) < 4.78 is 6.38. The van der Waals surface area contributed by atoms with Gasteiger partial charge in [-0.2, -0.15) is 5.10 Å². The van der Waals surface area contributed by atoms with Crippen LogP contribution in [0.5, 0.6) is 5.75 Å². The van der Waals surface area contributed by atoms with Crippen LogP contribution in [0, 0.1) is 0 Å². The normalized spacial score (nSPS) is 19.6. The Bertz CT molecular complexity index is 847. The molecule has 3 aromatic rings. The van der Waals surface area contributed by atoms with Crippen LogP contribution in [0.2, 0.25) is 0 Å². The van der Waals surface area contributed by atoms with Crippen LogP contribution in [0.3, 0.4) is 0 Å². The van der Waals surface area contributed by atoms with Crippen LogP contribution < -0.4 is 10.1 Å². The number of benzene rings is 2. The number of hydrogen-bond donors (Lipinski definition) is 2. The lowest BCUT2D eigenvalue weighted by Crippen LogP contribution is -2.36. The molecule has 1 aromatic heterocycles. The first kappa shape index (κ1) is 20.1. The maximum Gasteiger partial charge on any atom is 0.134 e. The highest BCUT2D eigenvalue weighted by Crippen LogP contribution is 2.36. The first-order valence-corrected chi connectivity index (χ1v) is 10.5. The molecule has 0 amide bonds. The van der Waals surface area contributed by atoms with Crippen molar-refractivity contribution in [3.05, 3.63) is 54.2 Å². The highest BCUT2D eigenvalue weighted by atomic mass is 35.5. The summed E-state index contributed by atoms with van der Waals surface area (Å²) in [5, 5.41) is 12.0. The average Bonchev–Trinajstić information content (AvgIpc) is 3.17. The quantitative estimate of drug-likeness (QED) is 0.556. The molecule has 4 rings (SSSR count). The van der Waals surface area contributed by atoms with E-state index in [-0.39, 0.29) is 12.4 Å². The Balaban J connectivity index is 0.00000210. The third-order valence-electron chi connectivity index (χ3n) is 5.15. The molecule has 0 spiro atoms. The SMILES string of the molecule is CSc1c(O[C@H]2CC[C@@H](NCc3ccccc3)CC2)ccc2[nH]ncc12.Cl. The number of hydrogen-bond acceptors (Lipinski definition) is 4. The van der Waals surface area contributed by atoms with E-state index in [9.17, 15) is 0 Å². The number of aromatic nitrogens is 2. The summed E-state index contributed by atoms with van der Waals surface area (Å²) in [5.74, 6) is 0.993. The summed E-state index contributed by atoms with van der Waals surface area (Å²) >= 11 is 1.73. The number of thioether (sulfide) groups is 1. The van der Waals surface area contributed by atoms with E-state index < -0.39 is 0 Å². The third-order valence-corrected chi connectivity index (χ3v) is 5.98. The minimum absolute atomic E-state index is 0. The zero-order valence-corrected chi connectivity index (χ0v) is 17.1. The monoisotopic (exact) mass is 403 g/mol. The van der Waals surface area contributed by atoms with Crippen LogP contribution in [-0.2, 0) is 6.54 Å². The van der Waals surface area contributed by atoms with E-state index in [0.29, 0.717) is 12.1 Å². The number of ether oxygens (including phenoxy) is 1. The largest absolute Gasteiger partial charge is 0.489 e. The number of H-pyrrole nitrogens is 1. The topological polar surface area (TPSA) is 49.9 Å².